The van der Waals surface area contributed by atoms with E-state index in [9.17, 15) is 0 Å². The molecule has 4 heteroatoms. The Labute approximate surface area is 279 Å². The topological polar surface area (TPSA) is 43.0 Å². The third kappa shape index (κ3) is 5.73. The molecule has 0 aliphatic heterocycles. The van der Waals surface area contributed by atoms with E-state index in [-0.39, 0.29) is 0 Å². The first-order chi connectivity index (χ1) is 23.7. The van der Waals surface area contributed by atoms with Gasteiger partial charge in [0.05, 0.1) is 6.57 Å². The van der Waals surface area contributed by atoms with Crippen LogP contribution in [0, 0.1) is 6.57 Å². The molecule has 1 aromatic heterocycles. The van der Waals surface area contributed by atoms with Crippen LogP contribution in [-0.2, 0) is 0 Å². The second kappa shape index (κ2) is 12.6. The molecule has 0 saturated heterocycles. The Bertz CT molecular complexity index is 2370. The van der Waals surface area contributed by atoms with Gasteiger partial charge in [0.15, 0.2) is 23.2 Å². The van der Waals surface area contributed by atoms with Gasteiger partial charge in [-0.05, 0) is 62.4 Å². The van der Waals surface area contributed by atoms with Crippen molar-refractivity contribution < 1.29 is 0 Å². The summed E-state index contributed by atoms with van der Waals surface area (Å²) < 4.78 is 0. The fourth-order valence-corrected chi connectivity index (χ4v) is 6.05. The van der Waals surface area contributed by atoms with Crippen molar-refractivity contribution in [2.75, 3.05) is 0 Å². The number of hydrogen-bond donors (Lipinski definition) is 0. The van der Waals surface area contributed by atoms with E-state index in [0.29, 0.717) is 23.2 Å². The molecular formula is C44H28N4. The minimum Gasteiger partial charge on any atom is -0.238 e. The second-order valence-corrected chi connectivity index (χ2v) is 11.6. The highest BCUT2D eigenvalue weighted by molar-refractivity contribution is 5.97. The van der Waals surface area contributed by atoms with Gasteiger partial charge in [-0.25, -0.2) is 19.8 Å². The van der Waals surface area contributed by atoms with Gasteiger partial charge in [0.2, 0.25) is 0 Å². The monoisotopic (exact) mass is 612 g/mol. The van der Waals surface area contributed by atoms with Gasteiger partial charge in [-0.15, -0.1) is 0 Å². The van der Waals surface area contributed by atoms with Gasteiger partial charge in [0, 0.05) is 16.7 Å². The summed E-state index contributed by atoms with van der Waals surface area (Å²) in [5.74, 6) is 1.92. The van der Waals surface area contributed by atoms with Crippen LogP contribution in [-0.4, -0.2) is 15.0 Å². The Hall–Kier alpha value is -6.70. The van der Waals surface area contributed by atoms with E-state index < -0.39 is 0 Å². The van der Waals surface area contributed by atoms with E-state index in [1.165, 1.54) is 10.8 Å². The Morgan fingerprint density at radius 3 is 1.21 bits per heavy atom. The van der Waals surface area contributed by atoms with Crippen LogP contribution in [0.15, 0.2) is 170 Å². The lowest BCUT2D eigenvalue weighted by Gasteiger charge is -2.14. The highest BCUT2D eigenvalue weighted by Gasteiger charge is 2.14. The van der Waals surface area contributed by atoms with Gasteiger partial charge in [-0.3, -0.25) is 0 Å². The summed E-state index contributed by atoms with van der Waals surface area (Å²) in [6.07, 6.45) is 0. The molecule has 0 unspecified atom stereocenters. The molecule has 0 aliphatic rings. The predicted molar refractivity (Wildman–Crippen MR) is 196 cm³/mol. The molecule has 0 spiro atoms. The zero-order chi connectivity index (χ0) is 32.3. The average molecular weight is 613 g/mol. The van der Waals surface area contributed by atoms with Crippen molar-refractivity contribution in [2.45, 2.75) is 0 Å². The number of aromatic nitrogens is 3. The summed E-state index contributed by atoms with van der Waals surface area (Å²) in [4.78, 5) is 18.3. The molecular weight excluding hydrogens is 585 g/mol. The zero-order valence-electron chi connectivity index (χ0n) is 26.0. The van der Waals surface area contributed by atoms with Crippen molar-refractivity contribution in [2.24, 2.45) is 0 Å². The third-order valence-corrected chi connectivity index (χ3v) is 8.54. The molecule has 0 amide bonds. The Kier molecular flexibility index (Phi) is 7.54. The summed E-state index contributed by atoms with van der Waals surface area (Å²) >= 11 is 0. The number of hydrogen-bond acceptors (Lipinski definition) is 3. The molecule has 224 valence electrons. The molecule has 8 rings (SSSR count). The maximum Gasteiger partial charge on any atom is 0.187 e. The fourth-order valence-electron chi connectivity index (χ4n) is 6.05. The lowest BCUT2D eigenvalue weighted by molar-refractivity contribution is 1.07. The molecule has 1 heterocycles. The largest absolute Gasteiger partial charge is 0.238 e. The van der Waals surface area contributed by atoms with E-state index in [2.05, 4.69) is 89.8 Å². The molecule has 0 atom stereocenters. The summed E-state index contributed by atoms with van der Waals surface area (Å²) in [6, 6.07) is 58.0. The van der Waals surface area contributed by atoms with Crippen LogP contribution in [0.25, 0.3) is 83.2 Å². The highest BCUT2D eigenvalue weighted by atomic mass is 15.0. The smallest absolute Gasteiger partial charge is 0.187 e. The minimum absolute atomic E-state index is 0.630. The van der Waals surface area contributed by atoms with Gasteiger partial charge in [-0.2, -0.15) is 0 Å². The van der Waals surface area contributed by atoms with Gasteiger partial charge < -0.3 is 0 Å². The molecule has 0 saturated carbocycles. The zero-order valence-corrected chi connectivity index (χ0v) is 26.0. The van der Waals surface area contributed by atoms with Crippen molar-refractivity contribution in [3.05, 3.63) is 181 Å². The van der Waals surface area contributed by atoms with Gasteiger partial charge >= 0.3 is 0 Å². The highest BCUT2D eigenvalue weighted by Crippen LogP contribution is 2.38. The first-order valence-electron chi connectivity index (χ1n) is 15.8. The van der Waals surface area contributed by atoms with Crippen molar-refractivity contribution in [1.82, 2.24) is 15.0 Å². The Morgan fingerprint density at radius 2 is 0.729 bits per heavy atom. The second-order valence-electron chi connectivity index (χ2n) is 11.6. The van der Waals surface area contributed by atoms with Crippen molar-refractivity contribution >= 4 is 16.5 Å². The van der Waals surface area contributed by atoms with E-state index in [0.717, 1.165) is 50.1 Å². The van der Waals surface area contributed by atoms with Crippen molar-refractivity contribution in [3.63, 3.8) is 0 Å². The molecule has 0 radical (unpaired) electrons. The molecule has 0 bridgehead atoms. The SMILES string of the molecule is [C-]#[N+]c1cccc(-c2ccc(-c3cc4ccccc4cc3-c3ccc(-c4nc(-c5ccccc5)nc(-c5ccccc5)n4)cc3)cc2)c1. The molecule has 0 fully saturated rings. The van der Waals surface area contributed by atoms with Crippen LogP contribution in [0.5, 0.6) is 0 Å². The Balaban J connectivity index is 1.20. The van der Waals surface area contributed by atoms with Gasteiger partial charge in [0.1, 0.15) is 0 Å². The lowest BCUT2D eigenvalue weighted by Crippen LogP contribution is -2.00. The van der Waals surface area contributed by atoms with Crippen LogP contribution in [0.4, 0.5) is 5.69 Å². The summed E-state index contributed by atoms with van der Waals surface area (Å²) in [7, 11) is 0. The van der Waals surface area contributed by atoms with Crippen LogP contribution in [0.1, 0.15) is 0 Å². The predicted octanol–water partition coefficient (Wildman–Crippen LogP) is 11.6. The van der Waals surface area contributed by atoms with Crippen LogP contribution >= 0.6 is 0 Å². The van der Waals surface area contributed by atoms with Crippen molar-refractivity contribution in [3.8, 4) is 67.5 Å². The maximum atomic E-state index is 7.39. The van der Waals surface area contributed by atoms with Gasteiger partial charge in [0.25, 0.3) is 0 Å². The number of fused-ring (bicyclic) bond motifs is 1. The Morgan fingerprint density at radius 1 is 0.333 bits per heavy atom. The molecule has 48 heavy (non-hydrogen) atoms. The van der Waals surface area contributed by atoms with Gasteiger partial charge in [-0.1, -0.05) is 152 Å². The van der Waals surface area contributed by atoms with Crippen LogP contribution in [0.2, 0.25) is 0 Å². The van der Waals surface area contributed by atoms with E-state index in [1.54, 1.807) is 0 Å². The van der Waals surface area contributed by atoms with E-state index in [4.69, 9.17) is 21.5 Å². The molecule has 4 nitrogen and oxygen atoms in total. The molecule has 0 N–H and O–H groups in total. The lowest BCUT2D eigenvalue weighted by atomic mass is 9.90. The minimum atomic E-state index is 0.630. The molecule has 0 aliphatic carbocycles. The fraction of sp³-hybridized carbons (Fsp3) is 0. The van der Waals surface area contributed by atoms with E-state index >= 15 is 0 Å². The van der Waals surface area contributed by atoms with E-state index in [1.807, 2.05) is 84.9 Å². The van der Waals surface area contributed by atoms with Crippen LogP contribution < -0.4 is 0 Å². The average Bonchev–Trinajstić information content (AvgIpc) is 3.18. The third-order valence-electron chi connectivity index (χ3n) is 8.54. The summed E-state index contributed by atoms with van der Waals surface area (Å²) in [5, 5.41) is 2.37. The quantitative estimate of drug-likeness (QED) is 0.175. The molecule has 7 aromatic carbocycles. The first-order valence-corrected chi connectivity index (χ1v) is 15.8. The van der Waals surface area contributed by atoms with Crippen molar-refractivity contribution in [1.29, 1.82) is 0 Å². The number of benzene rings is 7. The standard InChI is InChI=1S/C44H28N4/c1-45-39-18-10-17-36(27-39)30-19-21-31(22-20-30)40-28-37-15-8-9-16-38(37)29-41(40)32-23-25-35(26-24-32)44-47-42(33-11-4-2-5-12-33)46-43(48-44)34-13-6-3-7-14-34/h2-29H. The normalized spacial score (nSPS) is 10.9. The maximum absolute atomic E-state index is 7.39. The summed E-state index contributed by atoms with van der Waals surface area (Å²) in [5.41, 5.74) is 10.1. The summed E-state index contributed by atoms with van der Waals surface area (Å²) in [6.45, 7) is 7.39. The first kappa shape index (κ1) is 28.8. The number of nitrogens with zero attached hydrogens (tertiary/aromatic N) is 4. The number of rotatable bonds is 6. The molecule has 8 aromatic rings. The van der Waals surface area contributed by atoms with Crippen LogP contribution in [0.3, 0.4) is 0 Å².